The Bertz CT molecular complexity index is 891. The predicted octanol–water partition coefficient (Wildman–Crippen LogP) is 7.02. The molecule has 0 unspecified atom stereocenters. The normalized spacial score (nSPS) is 11.1. The minimum atomic E-state index is 0.610. The van der Waals surface area contributed by atoms with Gasteiger partial charge >= 0.3 is 0 Å². The molecule has 0 bridgehead atoms. The minimum Gasteiger partial charge on any atom is -0.497 e. The standard InChI is InChI=1S/C23H29ClN2O2/c1-3-4-5-6-7-8-9-14-28-22-13-10-17(15-19(22)24)23-25-20-12-11-18(27-2)16-21(20)26-23/h10-13,15-16H,3-9,14H2,1-2H3,(H,25,26). The van der Waals surface area contributed by atoms with Gasteiger partial charge in [0.05, 0.1) is 29.8 Å². The van der Waals surface area contributed by atoms with Gasteiger partial charge in [-0.3, -0.25) is 0 Å². The number of halogens is 1. The van der Waals surface area contributed by atoms with Crippen LogP contribution in [-0.2, 0) is 0 Å². The molecule has 0 saturated heterocycles. The number of nitrogens with zero attached hydrogens (tertiary/aromatic N) is 1. The number of fused-ring (bicyclic) bond motifs is 1. The van der Waals surface area contributed by atoms with Crippen LogP contribution in [0.1, 0.15) is 51.9 Å². The maximum atomic E-state index is 6.44. The number of nitrogens with one attached hydrogen (secondary N) is 1. The molecular formula is C23H29ClN2O2. The molecule has 4 nitrogen and oxygen atoms in total. The second-order valence-corrected chi connectivity index (χ2v) is 7.49. The van der Waals surface area contributed by atoms with Gasteiger partial charge in [-0.1, -0.05) is 57.0 Å². The molecule has 0 atom stereocenters. The lowest BCUT2D eigenvalue weighted by molar-refractivity contribution is 0.304. The van der Waals surface area contributed by atoms with Crippen molar-refractivity contribution in [1.29, 1.82) is 0 Å². The number of rotatable bonds is 11. The van der Waals surface area contributed by atoms with Gasteiger partial charge < -0.3 is 14.5 Å². The highest BCUT2D eigenvalue weighted by Gasteiger charge is 2.09. The van der Waals surface area contributed by atoms with Crippen LogP contribution in [0.2, 0.25) is 5.02 Å². The van der Waals surface area contributed by atoms with Crippen molar-refractivity contribution in [2.75, 3.05) is 13.7 Å². The highest BCUT2D eigenvalue weighted by molar-refractivity contribution is 6.32. The van der Waals surface area contributed by atoms with E-state index in [1.807, 2.05) is 36.4 Å². The molecule has 0 aliphatic carbocycles. The minimum absolute atomic E-state index is 0.610. The molecule has 1 N–H and O–H groups in total. The number of hydrogen-bond acceptors (Lipinski definition) is 3. The third kappa shape index (κ3) is 5.41. The second kappa shape index (κ2) is 10.4. The number of imidazole rings is 1. The van der Waals surface area contributed by atoms with Crippen molar-refractivity contribution in [3.8, 4) is 22.9 Å². The van der Waals surface area contributed by atoms with Crippen molar-refractivity contribution in [2.24, 2.45) is 0 Å². The third-order valence-electron chi connectivity index (χ3n) is 4.90. The van der Waals surface area contributed by atoms with Crippen LogP contribution in [0.5, 0.6) is 11.5 Å². The zero-order valence-electron chi connectivity index (χ0n) is 16.8. The zero-order valence-corrected chi connectivity index (χ0v) is 17.5. The Balaban J connectivity index is 1.55. The Morgan fingerprint density at radius 2 is 1.75 bits per heavy atom. The highest BCUT2D eigenvalue weighted by atomic mass is 35.5. The molecule has 1 aromatic heterocycles. The molecular weight excluding hydrogens is 372 g/mol. The average molecular weight is 401 g/mol. The largest absolute Gasteiger partial charge is 0.497 e. The Morgan fingerprint density at radius 1 is 0.964 bits per heavy atom. The summed E-state index contributed by atoms with van der Waals surface area (Å²) in [6.45, 7) is 2.95. The zero-order chi connectivity index (χ0) is 19.8. The quantitative estimate of drug-likeness (QED) is 0.351. The fourth-order valence-corrected chi connectivity index (χ4v) is 3.49. The summed E-state index contributed by atoms with van der Waals surface area (Å²) in [6, 6.07) is 11.6. The van der Waals surface area contributed by atoms with Gasteiger partial charge in [-0.05, 0) is 36.8 Å². The van der Waals surface area contributed by atoms with Crippen LogP contribution >= 0.6 is 11.6 Å². The maximum absolute atomic E-state index is 6.44. The molecule has 3 rings (SSSR count). The van der Waals surface area contributed by atoms with E-state index in [0.717, 1.165) is 40.3 Å². The Labute approximate surface area is 172 Å². The fraction of sp³-hybridized carbons (Fsp3) is 0.435. The number of benzene rings is 2. The molecule has 1 heterocycles. The summed E-state index contributed by atoms with van der Waals surface area (Å²) in [7, 11) is 1.66. The van der Waals surface area contributed by atoms with Crippen LogP contribution in [-0.4, -0.2) is 23.7 Å². The number of H-pyrrole nitrogens is 1. The Kier molecular flexibility index (Phi) is 7.61. The second-order valence-electron chi connectivity index (χ2n) is 7.08. The molecule has 3 aromatic rings. The maximum Gasteiger partial charge on any atom is 0.138 e. The smallest absolute Gasteiger partial charge is 0.138 e. The topological polar surface area (TPSA) is 47.1 Å². The summed E-state index contributed by atoms with van der Waals surface area (Å²) in [5, 5.41) is 0.610. The molecule has 0 radical (unpaired) electrons. The monoisotopic (exact) mass is 400 g/mol. The Morgan fingerprint density at radius 3 is 2.50 bits per heavy atom. The molecule has 2 aromatic carbocycles. The van der Waals surface area contributed by atoms with E-state index >= 15 is 0 Å². The number of methoxy groups -OCH3 is 1. The van der Waals surface area contributed by atoms with Crippen LogP contribution in [0.4, 0.5) is 0 Å². The van der Waals surface area contributed by atoms with Crippen molar-refractivity contribution in [1.82, 2.24) is 9.97 Å². The lowest BCUT2D eigenvalue weighted by Gasteiger charge is -2.09. The fourth-order valence-electron chi connectivity index (χ4n) is 3.26. The molecule has 0 amide bonds. The van der Waals surface area contributed by atoms with Gasteiger partial charge in [-0.25, -0.2) is 4.98 Å². The first-order valence-electron chi connectivity index (χ1n) is 10.2. The average Bonchev–Trinajstić information content (AvgIpc) is 3.14. The molecule has 0 fully saturated rings. The lowest BCUT2D eigenvalue weighted by Crippen LogP contribution is -1.98. The van der Waals surface area contributed by atoms with Gasteiger partial charge in [0.1, 0.15) is 17.3 Å². The molecule has 0 aliphatic heterocycles. The van der Waals surface area contributed by atoms with Gasteiger partial charge in [-0.2, -0.15) is 0 Å². The van der Waals surface area contributed by atoms with E-state index < -0.39 is 0 Å². The number of aromatic amines is 1. The third-order valence-corrected chi connectivity index (χ3v) is 5.20. The van der Waals surface area contributed by atoms with Crippen molar-refractivity contribution >= 4 is 22.6 Å². The molecule has 28 heavy (non-hydrogen) atoms. The van der Waals surface area contributed by atoms with E-state index in [1.165, 1.54) is 38.5 Å². The summed E-state index contributed by atoms with van der Waals surface area (Å²) in [5.74, 6) is 2.31. The summed E-state index contributed by atoms with van der Waals surface area (Å²) < 4.78 is 11.1. The first-order chi connectivity index (χ1) is 13.7. The lowest BCUT2D eigenvalue weighted by atomic mass is 10.1. The van der Waals surface area contributed by atoms with Gasteiger partial charge in [0.2, 0.25) is 0 Å². The van der Waals surface area contributed by atoms with Crippen LogP contribution in [0.3, 0.4) is 0 Å². The van der Waals surface area contributed by atoms with Gasteiger partial charge in [-0.15, -0.1) is 0 Å². The van der Waals surface area contributed by atoms with Gasteiger partial charge in [0, 0.05) is 11.6 Å². The van der Waals surface area contributed by atoms with E-state index in [-0.39, 0.29) is 0 Å². The molecule has 0 aliphatic rings. The number of aromatic nitrogens is 2. The number of hydrogen-bond donors (Lipinski definition) is 1. The molecule has 0 spiro atoms. The molecule has 0 saturated carbocycles. The first-order valence-corrected chi connectivity index (χ1v) is 10.6. The van der Waals surface area contributed by atoms with E-state index in [9.17, 15) is 0 Å². The molecule has 5 heteroatoms. The summed E-state index contributed by atoms with van der Waals surface area (Å²) >= 11 is 6.44. The SMILES string of the molecule is CCCCCCCCCOc1ccc(-c2nc3ccc(OC)cc3[nH]2)cc1Cl. The summed E-state index contributed by atoms with van der Waals surface area (Å²) in [4.78, 5) is 7.96. The van der Waals surface area contributed by atoms with Crippen LogP contribution in [0, 0.1) is 0 Å². The predicted molar refractivity (Wildman–Crippen MR) is 117 cm³/mol. The van der Waals surface area contributed by atoms with Crippen LogP contribution in [0.25, 0.3) is 22.4 Å². The summed E-state index contributed by atoms with van der Waals surface area (Å²) in [6.07, 6.45) is 8.87. The van der Waals surface area contributed by atoms with Crippen molar-refractivity contribution in [3.63, 3.8) is 0 Å². The highest BCUT2D eigenvalue weighted by Crippen LogP contribution is 2.31. The van der Waals surface area contributed by atoms with Crippen molar-refractivity contribution < 1.29 is 9.47 Å². The van der Waals surface area contributed by atoms with Gasteiger partial charge in [0.15, 0.2) is 0 Å². The van der Waals surface area contributed by atoms with Crippen LogP contribution < -0.4 is 9.47 Å². The summed E-state index contributed by atoms with van der Waals surface area (Å²) in [5.41, 5.74) is 2.76. The van der Waals surface area contributed by atoms with E-state index in [4.69, 9.17) is 21.1 Å². The first kappa shape index (κ1) is 20.5. The van der Waals surface area contributed by atoms with E-state index in [2.05, 4.69) is 16.9 Å². The Hall–Kier alpha value is -2.20. The van der Waals surface area contributed by atoms with E-state index in [1.54, 1.807) is 7.11 Å². The number of ether oxygens (including phenoxy) is 2. The number of unbranched alkanes of at least 4 members (excludes halogenated alkanes) is 6. The van der Waals surface area contributed by atoms with E-state index in [0.29, 0.717) is 11.6 Å². The molecule has 150 valence electrons. The van der Waals surface area contributed by atoms with Crippen molar-refractivity contribution in [2.45, 2.75) is 51.9 Å². The van der Waals surface area contributed by atoms with Crippen molar-refractivity contribution in [3.05, 3.63) is 41.4 Å². The van der Waals surface area contributed by atoms with Gasteiger partial charge in [0.25, 0.3) is 0 Å². The van der Waals surface area contributed by atoms with Crippen LogP contribution in [0.15, 0.2) is 36.4 Å².